The standard InChI is InChI=1S/C23H28N4O4/c1-31-20-8-4-7-19(15-20)27-23(30)25-14-13-24-21(28)17-9-11-18(12-10-17)26-22(29)16-5-2-3-6-16/h4,7-12,15-16H,2-3,5-6,13-14H2,1H3,(H,24,28)(H,26,29)(H2,25,27,30). The van der Waals surface area contributed by atoms with Crippen LogP contribution in [0.5, 0.6) is 5.75 Å². The summed E-state index contributed by atoms with van der Waals surface area (Å²) in [5, 5.41) is 11.0. The van der Waals surface area contributed by atoms with E-state index in [1.54, 1.807) is 55.6 Å². The zero-order valence-electron chi connectivity index (χ0n) is 17.6. The number of methoxy groups -OCH3 is 1. The van der Waals surface area contributed by atoms with Crippen LogP contribution < -0.4 is 26.0 Å². The van der Waals surface area contributed by atoms with Crippen LogP contribution in [-0.4, -0.2) is 38.0 Å². The Kier molecular flexibility index (Phi) is 7.86. The molecule has 0 radical (unpaired) electrons. The first-order valence-corrected chi connectivity index (χ1v) is 10.4. The van der Waals surface area contributed by atoms with Gasteiger partial charge in [-0.15, -0.1) is 0 Å². The number of hydrogen-bond acceptors (Lipinski definition) is 4. The van der Waals surface area contributed by atoms with Crippen molar-refractivity contribution in [3.8, 4) is 5.75 Å². The SMILES string of the molecule is COc1cccc(NC(=O)NCCNC(=O)c2ccc(NC(=O)C3CCCC3)cc2)c1. The monoisotopic (exact) mass is 424 g/mol. The Labute approximate surface area is 181 Å². The minimum Gasteiger partial charge on any atom is -0.497 e. The summed E-state index contributed by atoms with van der Waals surface area (Å²) in [6.45, 7) is 0.557. The molecule has 4 amide bonds. The molecule has 1 saturated carbocycles. The second-order valence-electron chi connectivity index (χ2n) is 7.42. The van der Waals surface area contributed by atoms with Gasteiger partial charge in [0.2, 0.25) is 5.91 Å². The summed E-state index contributed by atoms with van der Waals surface area (Å²) in [7, 11) is 1.56. The van der Waals surface area contributed by atoms with Crippen LogP contribution in [0, 0.1) is 5.92 Å². The van der Waals surface area contributed by atoms with Gasteiger partial charge in [0.25, 0.3) is 5.91 Å². The van der Waals surface area contributed by atoms with E-state index in [4.69, 9.17) is 4.74 Å². The van der Waals surface area contributed by atoms with Crippen LogP contribution in [0.3, 0.4) is 0 Å². The quantitative estimate of drug-likeness (QED) is 0.487. The van der Waals surface area contributed by atoms with Gasteiger partial charge in [0.1, 0.15) is 5.75 Å². The number of anilines is 2. The van der Waals surface area contributed by atoms with Gasteiger partial charge in [-0.25, -0.2) is 4.79 Å². The smallest absolute Gasteiger partial charge is 0.319 e. The van der Waals surface area contributed by atoms with E-state index in [9.17, 15) is 14.4 Å². The molecule has 0 bridgehead atoms. The topological polar surface area (TPSA) is 109 Å². The summed E-state index contributed by atoms with van der Waals surface area (Å²) in [4.78, 5) is 36.4. The highest BCUT2D eigenvalue weighted by Crippen LogP contribution is 2.26. The molecule has 0 aromatic heterocycles. The fourth-order valence-corrected chi connectivity index (χ4v) is 3.47. The number of rotatable bonds is 8. The second kappa shape index (κ2) is 11.0. The van der Waals surface area contributed by atoms with E-state index >= 15 is 0 Å². The highest BCUT2D eigenvalue weighted by Gasteiger charge is 2.22. The molecule has 0 saturated heterocycles. The predicted octanol–water partition coefficient (Wildman–Crippen LogP) is 3.38. The molecular weight excluding hydrogens is 396 g/mol. The number of carbonyl (C=O) groups excluding carboxylic acids is 3. The number of hydrogen-bond donors (Lipinski definition) is 4. The molecular formula is C23H28N4O4. The largest absolute Gasteiger partial charge is 0.497 e. The first-order valence-electron chi connectivity index (χ1n) is 10.4. The fraction of sp³-hybridized carbons (Fsp3) is 0.348. The van der Waals surface area contributed by atoms with Crippen molar-refractivity contribution in [1.29, 1.82) is 0 Å². The molecule has 0 heterocycles. The molecule has 2 aromatic carbocycles. The van der Waals surface area contributed by atoms with Crippen LogP contribution in [-0.2, 0) is 4.79 Å². The lowest BCUT2D eigenvalue weighted by Crippen LogP contribution is -2.36. The Morgan fingerprint density at radius 1 is 0.903 bits per heavy atom. The van der Waals surface area contributed by atoms with E-state index < -0.39 is 0 Å². The molecule has 2 aromatic rings. The maximum atomic E-state index is 12.3. The van der Waals surface area contributed by atoms with Gasteiger partial charge in [0.15, 0.2) is 0 Å². The van der Waals surface area contributed by atoms with Gasteiger partial charge < -0.3 is 26.0 Å². The Hall–Kier alpha value is -3.55. The van der Waals surface area contributed by atoms with E-state index in [1.807, 2.05) is 0 Å². The number of ether oxygens (including phenoxy) is 1. The van der Waals surface area contributed by atoms with Gasteiger partial charge in [-0.2, -0.15) is 0 Å². The number of nitrogens with one attached hydrogen (secondary N) is 4. The molecule has 1 aliphatic carbocycles. The van der Waals surface area contributed by atoms with Crippen LogP contribution in [0.1, 0.15) is 36.0 Å². The van der Waals surface area contributed by atoms with Gasteiger partial charge in [0, 0.05) is 42.0 Å². The van der Waals surface area contributed by atoms with Gasteiger partial charge in [-0.3, -0.25) is 9.59 Å². The second-order valence-corrected chi connectivity index (χ2v) is 7.42. The molecule has 8 nitrogen and oxygen atoms in total. The molecule has 0 unspecified atom stereocenters. The van der Waals surface area contributed by atoms with Crippen molar-refractivity contribution in [2.45, 2.75) is 25.7 Å². The lowest BCUT2D eigenvalue weighted by molar-refractivity contribution is -0.119. The maximum Gasteiger partial charge on any atom is 0.319 e. The number of amides is 4. The molecule has 0 spiro atoms. The van der Waals surface area contributed by atoms with Gasteiger partial charge in [-0.1, -0.05) is 18.9 Å². The molecule has 31 heavy (non-hydrogen) atoms. The Morgan fingerprint density at radius 2 is 1.61 bits per heavy atom. The van der Waals surface area contributed by atoms with E-state index in [0.29, 0.717) is 22.7 Å². The average Bonchev–Trinajstić information content (AvgIpc) is 3.32. The van der Waals surface area contributed by atoms with Crippen LogP contribution in [0.15, 0.2) is 48.5 Å². The highest BCUT2D eigenvalue weighted by atomic mass is 16.5. The predicted molar refractivity (Wildman–Crippen MR) is 119 cm³/mol. The third kappa shape index (κ3) is 6.74. The molecule has 164 valence electrons. The van der Waals surface area contributed by atoms with Crippen LogP contribution in [0.25, 0.3) is 0 Å². The fourth-order valence-electron chi connectivity index (χ4n) is 3.47. The Bertz CT molecular complexity index is 908. The molecule has 0 atom stereocenters. The van der Waals surface area contributed by atoms with Gasteiger partial charge in [0.05, 0.1) is 7.11 Å². The summed E-state index contributed by atoms with van der Waals surface area (Å²) in [5.41, 5.74) is 1.78. The van der Waals surface area contributed by atoms with E-state index in [-0.39, 0.29) is 36.9 Å². The van der Waals surface area contributed by atoms with Crippen molar-refractivity contribution < 1.29 is 19.1 Å². The van der Waals surface area contributed by atoms with Crippen molar-refractivity contribution in [3.63, 3.8) is 0 Å². The summed E-state index contributed by atoms with van der Waals surface area (Å²) in [6.07, 6.45) is 4.10. The van der Waals surface area contributed by atoms with E-state index in [0.717, 1.165) is 25.7 Å². The first kappa shape index (κ1) is 22.1. The third-order valence-corrected chi connectivity index (χ3v) is 5.16. The minimum absolute atomic E-state index is 0.0491. The summed E-state index contributed by atoms with van der Waals surface area (Å²) in [6, 6.07) is 13.4. The van der Waals surface area contributed by atoms with Crippen LogP contribution >= 0.6 is 0 Å². The van der Waals surface area contributed by atoms with Gasteiger partial charge in [-0.05, 0) is 49.2 Å². The van der Waals surface area contributed by atoms with E-state index in [2.05, 4.69) is 21.3 Å². The van der Waals surface area contributed by atoms with Crippen LogP contribution in [0.2, 0.25) is 0 Å². The van der Waals surface area contributed by atoms with Crippen molar-refractivity contribution in [3.05, 3.63) is 54.1 Å². The molecule has 3 rings (SSSR count). The minimum atomic E-state index is -0.371. The van der Waals surface area contributed by atoms with Crippen molar-refractivity contribution >= 4 is 29.2 Å². The highest BCUT2D eigenvalue weighted by molar-refractivity contribution is 5.96. The first-order chi connectivity index (χ1) is 15.0. The molecule has 4 N–H and O–H groups in total. The normalized spacial score (nSPS) is 13.3. The number of benzene rings is 2. The maximum absolute atomic E-state index is 12.3. The molecule has 1 fully saturated rings. The van der Waals surface area contributed by atoms with E-state index in [1.165, 1.54) is 0 Å². The number of carbonyl (C=O) groups is 3. The molecule has 8 heteroatoms. The van der Waals surface area contributed by atoms with Crippen molar-refractivity contribution in [2.24, 2.45) is 5.92 Å². The van der Waals surface area contributed by atoms with Crippen molar-refractivity contribution in [2.75, 3.05) is 30.8 Å². The Balaban J connectivity index is 1.37. The lowest BCUT2D eigenvalue weighted by atomic mass is 10.1. The average molecular weight is 425 g/mol. The lowest BCUT2D eigenvalue weighted by Gasteiger charge is -2.11. The zero-order chi connectivity index (χ0) is 22.1. The summed E-state index contributed by atoms with van der Waals surface area (Å²) < 4.78 is 5.11. The van der Waals surface area contributed by atoms with Crippen LogP contribution in [0.4, 0.5) is 16.2 Å². The van der Waals surface area contributed by atoms with Gasteiger partial charge >= 0.3 is 6.03 Å². The zero-order valence-corrected chi connectivity index (χ0v) is 17.6. The third-order valence-electron chi connectivity index (χ3n) is 5.16. The molecule has 0 aliphatic heterocycles. The summed E-state index contributed by atoms with van der Waals surface area (Å²) in [5.74, 6) is 0.544. The number of urea groups is 1. The summed E-state index contributed by atoms with van der Waals surface area (Å²) >= 11 is 0. The molecule has 1 aliphatic rings. The van der Waals surface area contributed by atoms with Crippen molar-refractivity contribution in [1.82, 2.24) is 10.6 Å². The Morgan fingerprint density at radius 3 is 2.32 bits per heavy atom.